The SMILES string of the molecule is CC(C)(C)NC(=O)c1cnc(N2CCN(Cc3ccccc3)CC2)cn1. The summed E-state index contributed by atoms with van der Waals surface area (Å²) in [6.45, 7) is 10.6. The number of aromatic nitrogens is 2. The van der Waals surface area contributed by atoms with Gasteiger partial charge in [-0.15, -0.1) is 0 Å². The third-order valence-electron chi connectivity index (χ3n) is 4.30. The number of carbonyl (C=O) groups is 1. The van der Waals surface area contributed by atoms with E-state index in [2.05, 4.69) is 49.4 Å². The number of hydrogen-bond acceptors (Lipinski definition) is 5. The fourth-order valence-corrected chi connectivity index (χ4v) is 2.98. The van der Waals surface area contributed by atoms with Gasteiger partial charge in [0.25, 0.3) is 5.91 Å². The molecular formula is C20H27N5O. The minimum atomic E-state index is -0.285. The first-order valence-electron chi connectivity index (χ1n) is 9.06. The average Bonchev–Trinajstić information content (AvgIpc) is 2.62. The number of nitrogens with one attached hydrogen (secondary N) is 1. The van der Waals surface area contributed by atoms with Crippen molar-refractivity contribution in [1.82, 2.24) is 20.2 Å². The zero-order chi connectivity index (χ0) is 18.6. The molecule has 3 rings (SSSR count). The Morgan fingerprint density at radius 3 is 2.31 bits per heavy atom. The minimum Gasteiger partial charge on any atom is -0.353 e. The molecule has 0 bridgehead atoms. The molecule has 2 heterocycles. The van der Waals surface area contributed by atoms with Gasteiger partial charge in [-0.25, -0.2) is 9.97 Å². The molecule has 138 valence electrons. The first-order valence-corrected chi connectivity index (χ1v) is 9.06. The van der Waals surface area contributed by atoms with Gasteiger partial charge >= 0.3 is 0 Å². The van der Waals surface area contributed by atoms with Crippen LogP contribution in [-0.4, -0.2) is 52.5 Å². The summed E-state index contributed by atoms with van der Waals surface area (Å²) in [7, 11) is 0. The summed E-state index contributed by atoms with van der Waals surface area (Å²) in [6.07, 6.45) is 3.26. The summed E-state index contributed by atoms with van der Waals surface area (Å²) in [6, 6.07) is 10.5. The maximum Gasteiger partial charge on any atom is 0.271 e. The number of piperazine rings is 1. The fraction of sp³-hybridized carbons (Fsp3) is 0.450. The Morgan fingerprint density at radius 1 is 1.04 bits per heavy atom. The van der Waals surface area contributed by atoms with Crippen molar-refractivity contribution in [3.63, 3.8) is 0 Å². The van der Waals surface area contributed by atoms with Gasteiger partial charge in [-0.3, -0.25) is 9.69 Å². The predicted molar refractivity (Wildman–Crippen MR) is 103 cm³/mol. The molecule has 1 amide bonds. The zero-order valence-electron chi connectivity index (χ0n) is 15.8. The molecule has 1 saturated heterocycles. The lowest BCUT2D eigenvalue weighted by Gasteiger charge is -2.35. The Hall–Kier alpha value is -2.47. The highest BCUT2D eigenvalue weighted by Gasteiger charge is 2.20. The molecule has 26 heavy (non-hydrogen) atoms. The monoisotopic (exact) mass is 353 g/mol. The van der Waals surface area contributed by atoms with Crippen molar-refractivity contribution in [2.45, 2.75) is 32.9 Å². The summed E-state index contributed by atoms with van der Waals surface area (Å²) >= 11 is 0. The van der Waals surface area contributed by atoms with Gasteiger partial charge in [0, 0.05) is 38.3 Å². The van der Waals surface area contributed by atoms with Crippen molar-refractivity contribution in [1.29, 1.82) is 0 Å². The summed E-state index contributed by atoms with van der Waals surface area (Å²) < 4.78 is 0. The second kappa shape index (κ2) is 7.83. The molecule has 0 unspecified atom stereocenters. The maximum atomic E-state index is 12.1. The Labute approximate surface area is 155 Å². The molecule has 1 N–H and O–H groups in total. The number of hydrogen-bond donors (Lipinski definition) is 1. The van der Waals surface area contributed by atoms with Crippen molar-refractivity contribution in [2.24, 2.45) is 0 Å². The van der Waals surface area contributed by atoms with E-state index in [-0.39, 0.29) is 11.4 Å². The molecule has 2 aromatic rings. The van der Waals surface area contributed by atoms with Gasteiger partial charge in [0.2, 0.25) is 0 Å². The molecule has 1 aliphatic rings. The summed E-state index contributed by atoms with van der Waals surface area (Å²) in [5.74, 6) is 0.640. The molecule has 0 radical (unpaired) electrons. The van der Waals surface area contributed by atoms with Crippen LogP contribution in [0.25, 0.3) is 0 Å². The van der Waals surface area contributed by atoms with E-state index in [1.54, 1.807) is 12.4 Å². The van der Waals surface area contributed by atoms with Crippen molar-refractivity contribution < 1.29 is 4.79 Å². The summed E-state index contributed by atoms with van der Waals surface area (Å²) in [5.41, 5.74) is 1.41. The van der Waals surface area contributed by atoms with Crippen LogP contribution in [0.4, 0.5) is 5.82 Å². The number of carbonyl (C=O) groups excluding carboxylic acids is 1. The van der Waals surface area contributed by atoms with Crippen LogP contribution < -0.4 is 10.2 Å². The highest BCUT2D eigenvalue weighted by molar-refractivity contribution is 5.92. The van der Waals surface area contributed by atoms with Gasteiger partial charge in [-0.1, -0.05) is 30.3 Å². The van der Waals surface area contributed by atoms with Gasteiger partial charge in [0.1, 0.15) is 11.5 Å². The lowest BCUT2D eigenvalue weighted by Crippen LogP contribution is -2.46. The molecule has 1 fully saturated rings. The number of nitrogens with zero attached hydrogens (tertiary/aromatic N) is 4. The Balaban J connectivity index is 1.54. The van der Waals surface area contributed by atoms with E-state index in [1.165, 1.54) is 5.56 Å². The number of amides is 1. The molecule has 1 aromatic heterocycles. The number of benzene rings is 1. The number of rotatable bonds is 4. The Kier molecular flexibility index (Phi) is 5.52. The summed E-state index contributed by atoms with van der Waals surface area (Å²) in [5, 5.41) is 2.90. The number of anilines is 1. The Bertz CT molecular complexity index is 716. The zero-order valence-corrected chi connectivity index (χ0v) is 15.8. The van der Waals surface area contributed by atoms with Crippen molar-refractivity contribution in [2.75, 3.05) is 31.1 Å². The first-order chi connectivity index (χ1) is 12.4. The van der Waals surface area contributed by atoms with E-state index < -0.39 is 0 Å². The van der Waals surface area contributed by atoms with Gasteiger partial charge in [0.05, 0.1) is 12.4 Å². The van der Waals surface area contributed by atoms with E-state index >= 15 is 0 Å². The second-order valence-corrected chi connectivity index (χ2v) is 7.71. The predicted octanol–water partition coefficient (Wildman–Crippen LogP) is 2.33. The van der Waals surface area contributed by atoms with E-state index in [0.717, 1.165) is 38.5 Å². The maximum absolute atomic E-state index is 12.1. The second-order valence-electron chi connectivity index (χ2n) is 7.71. The average molecular weight is 353 g/mol. The molecule has 6 heteroatoms. The molecule has 0 aliphatic carbocycles. The Morgan fingerprint density at radius 2 is 1.73 bits per heavy atom. The minimum absolute atomic E-state index is 0.191. The standard InChI is InChI=1S/C20H27N5O/c1-20(2,3)23-19(26)17-13-22-18(14-21-17)25-11-9-24(10-12-25)15-16-7-5-4-6-8-16/h4-8,13-14H,9-12,15H2,1-3H3,(H,23,26). The van der Waals surface area contributed by atoms with Crippen LogP contribution in [0.15, 0.2) is 42.7 Å². The highest BCUT2D eigenvalue weighted by Crippen LogP contribution is 2.14. The molecule has 0 saturated carbocycles. The smallest absolute Gasteiger partial charge is 0.271 e. The normalized spacial score (nSPS) is 15.7. The van der Waals surface area contributed by atoms with Gasteiger partial charge in [0.15, 0.2) is 0 Å². The lowest BCUT2D eigenvalue weighted by atomic mass is 10.1. The molecule has 1 aromatic carbocycles. The van der Waals surface area contributed by atoms with E-state index in [1.807, 2.05) is 26.8 Å². The van der Waals surface area contributed by atoms with Gasteiger partial charge in [-0.2, -0.15) is 0 Å². The lowest BCUT2D eigenvalue weighted by molar-refractivity contribution is 0.0914. The van der Waals surface area contributed by atoms with Crippen LogP contribution in [0.1, 0.15) is 36.8 Å². The van der Waals surface area contributed by atoms with Crippen LogP contribution in [-0.2, 0) is 6.54 Å². The van der Waals surface area contributed by atoms with Gasteiger partial charge in [-0.05, 0) is 26.3 Å². The third kappa shape index (κ3) is 5.02. The molecule has 1 aliphatic heterocycles. The van der Waals surface area contributed by atoms with Crippen molar-refractivity contribution in [3.8, 4) is 0 Å². The van der Waals surface area contributed by atoms with Crippen LogP contribution in [0.3, 0.4) is 0 Å². The quantitative estimate of drug-likeness (QED) is 0.914. The third-order valence-corrected chi connectivity index (χ3v) is 4.30. The fourth-order valence-electron chi connectivity index (χ4n) is 2.98. The topological polar surface area (TPSA) is 61.4 Å². The summed E-state index contributed by atoms with van der Waals surface area (Å²) in [4.78, 5) is 25.5. The molecule has 6 nitrogen and oxygen atoms in total. The van der Waals surface area contributed by atoms with E-state index in [9.17, 15) is 4.79 Å². The molecule has 0 atom stereocenters. The molecule has 0 spiro atoms. The molecular weight excluding hydrogens is 326 g/mol. The van der Waals surface area contributed by atoms with Crippen LogP contribution in [0, 0.1) is 0 Å². The van der Waals surface area contributed by atoms with E-state index in [4.69, 9.17) is 0 Å². The largest absolute Gasteiger partial charge is 0.353 e. The van der Waals surface area contributed by atoms with Crippen LogP contribution in [0.2, 0.25) is 0 Å². The highest BCUT2D eigenvalue weighted by atomic mass is 16.2. The van der Waals surface area contributed by atoms with Crippen molar-refractivity contribution >= 4 is 11.7 Å². The van der Waals surface area contributed by atoms with Gasteiger partial charge < -0.3 is 10.2 Å². The first kappa shape index (κ1) is 18.3. The van der Waals surface area contributed by atoms with E-state index in [0.29, 0.717) is 5.69 Å². The van der Waals surface area contributed by atoms with Crippen LogP contribution in [0.5, 0.6) is 0 Å². The van der Waals surface area contributed by atoms with Crippen LogP contribution >= 0.6 is 0 Å². The van der Waals surface area contributed by atoms with Crippen molar-refractivity contribution in [3.05, 3.63) is 54.0 Å².